The number of carbonyl (C=O) groups excluding carboxylic acids is 1. The van der Waals surface area contributed by atoms with Gasteiger partial charge in [-0.3, -0.25) is 4.79 Å². The summed E-state index contributed by atoms with van der Waals surface area (Å²) in [5.74, 6) is -0.221. The molecule has 1 saturated heterocycles. The summed E-state index contributed by atoms with van der Waals surface area (Å²) in [5, 5.41) is 9.36. The minimum absolute atomic E-state index is 0.0153. The molecule has 5 heteroatoms. The summed E-state index contributed by atoms with van der Waals surface area (Å²) >= 11 is 0. The summed E-state index contributed by atoms with van der Waals surface area (Å²) in [6.45, 7) is 4.10. The highest BCUT2D eigenvalue weighted by Gasteiger charge is 2.22. The first-order chi connectivity index (χ1) is 9.15. The molecule has 19 heavy (non-hydrogen) atoms. The highest BCUT2D eigenvalue weighted by atomic mass is 19.1. The van der Waals surface area contributed by atoms with Gasteiger partial charge in [-0.1, -0.05) is 12.1 Å². The number of hydrogen-bond donors (Lipinski definition) is 3. The smallest absolute Gasteiger partial charge is 0.238 e. The Bertz CT molecular complexity index is 413. The highest BCUT2D eigenvalue weighted by Crippen LogP contribution is 2.02. The van der Waals surface area contributed by atoms with Crippen LogP contribution < -0.4 is 16.0 Å². The van der Waals surface area contributed by atoms with E-state index in [4.69, 9.17) is 0 Å². The van der Waals surface area contributed by atoms with E-state index in [1.807, 2.05) is 0 Å². The monoisotopic (exact) mass is 265 g/mol. The average Bonchev–Trinajstić information content (AvgIpc) is 2.41. The van der Waals surface area contributed by atoms with Crippen molar-refractivity contribution < 1.29 is 9.18 Å². The van der Waals surface area contributed by atoms with Crippen molar-refractivity contribution in [3.05, 3.63) is 35.6 Å². The van der Waals surface area contributed by atoms with E-state index in [1.54, 1.807) is 12.1 Å². The lowest BCUT2D eigenvalue weighted by Gasteiger charge is -2.28. The Hall–Kier alpha value is -1.46. The molecule has 2 atom stereocenters. The molecule has 1 heterocycles. The number of carbonyl (C=O) groups is 1. The van der Waals surface area contributed by atoms with Crippen LogP contribution in [0.4, 0.5) is 4.39 Å². The van der Waals surface area contributed by atoms with E-state index >= 15 is 0 Å². The van der Waals surface area contributed by atoms with Crippen molar-refractivity contribution in [1.82, 2.24) is 16.0 Å². The van der Waals surface area contributed by atoms with Crippen molar-refractivity contribution in [2.75, 3.05) is 19.6 Å². The molecular weight excluding hydrogens is 245 g/mol. The fraction of sp³-hybridized carbons (Fsp3) is 0.500. The van der Waals surface area contributed by atoms with Gasteiger partial charge in [0.05, 0.1) is 6.04 Å². The zero-order chi connectivity index (χ0) is 13.7. The van der Waals surface area contributed by atoms with Gasteiger partial charge in [-0.2, -0.15) is 0 Å². The number of amides is 1. The van der Waals surface area contributed by atoms with Gasteiger partial charge in [-0.15, -0.1) is 0 Å². The zero-order valence-corrected chi connectivity index (χ0v) is 11.1. The predicted molar refractivity (Wildman–Crippen MR) is 72.4 cm³/mol. The van der Waals surface area contributed by atoms with Crippen LogP contribution in [0.3, 0.4) is 0 Å². The summed E-state index contributed by atoms with van der Waals surface area (Å²) in [5.41, 5.74) is 1.02. The van der Waals surface area contributed by atoms with Crippen LogP contribution in [-0.2, 0) is 11.2 Å². The van der Waals surface area contributed by atoms with E-state index in [0.29, 0.717) is 25.6 Å². The van der Waals surface area contributed by atoms with E-state index in [0.717, 1.165) is 12.1 Å². The molecule has 0 spiro atoms. The first kappa shape index (κ1) is 14.0. The number of hydrogen-bond acceptors (Lipinski definition) is 3. The van der Waals surface area contributed by atoms with Crippen LogP contribution in [0.25, 0.3) is 0 Å². The maximum atomic E-state index is 12.7. The lowest BCUT2D eigenvalue weighted by Crippen LogP contribution is -2.59. The van der Waals surface area contributed by atoms with Gasteiger partial charge < -0.3 is 16.0 Å². The van der Waals surface area contributed by atoms with Crippen LogP contribution in [0.15, 0.2) is 24.3 Å². The number of halogens is 1. The molecule has 4 nitrogen and oxygen atoms in total. The molecule has 0 aliphatic carbocycles. The standard InChI is InChI=1S/C14H20FN3O/c1-10-8-18-13(9-17-10)14(19)16-7-6-11-2-4-12(15)5-3-11/h2-5,10,13,17-18H,6-9H2,1H3,(H,16,19). The van der Waals surface area contributed by atoms with Gasteiger partial charge in [0.25, 0.3) is 0 Å². The molecule has 0 radical (unpaired) electrons. The van der Waals surface area contributed by atoms with Crippen LogP contribution in [-0.4, -0.2) is 37.6 Å². The fourth-order valence-corrected chi connectivity index (χ4v) is 2.07. The van der Waals surface area contributed by atoms with Crippen LogP contribution >= 0.6 is 0 Å². The Morgan fingerprint density at radius 3 is 2.68 bits per heavy atom. The SMILES string of the molecule is CC1CNC(C(=O)NCCc2ccc(F)cc2)CN1. The van der Waals surface area contributed by atoms with Crippen LogP contribution in [0.5, 0.6) is 0 Å². The Balaban J connectivity index is 1.70. The third kappa shape index (κ3) is 4.29. The molecule has 2 unspecified atom stereocenters. The second kappa shape index (κ2) is 6.63. The lowest BCUT2D eigenvalue weighted by atomic mass is 10.1. The minimum atomic E-state index is -0.237. The quantitative estimate of drug-likeness (QED) is 0.740. The second-order valence-corrected chi connectivity index (χ2v) is 4.94. The van der Waals surface area contributed by atoms with Crippen molar-refractivity contribution in [3.63, 3.8) is 0 Å². The Morgan fingerprint density at radius 1 is 1.32 bits per heavy atom. The van der Waals surface area contributed by atoms with Crippen molar-refractivity contribution >= 4 is 5.91 Å². The number of rotatable bonds is 4. The molecule has 104 valence electrons. The summed E-state index contributed by atoms with van der Waals surface area (Å²) in [6.07, 6.45) is 0.711. The Labute approximate surface area is 112 Å². The average molecular weight is 265 g/mol. The van der Waals surface area contributed by atoms with E-state index in [9.17, 15) is 9.18 Å². The zero-order valence-electron chi connectivity index (χ0n) is 11.1. The maximum absolute atomic E-state index is 12.7. The van der Waals surface area contributed by atoms with E-state index in [-0.39, 0.29) is 17.8 Å². The number of piperazine rings is 1. The lowest BCUT2D eigenvalue weighted by molar-refractivity contribution is -0.123. The van der Waals surface area contributed by atoms with Crippen LogP contribution in [0.1, 0.15) is 12.5 Å². The second-order valence-electron chi connectivity index (χ2n) is 4.94. The van der Waals surface area contributed by atoms with Crippen LogP contribution in [0.2, 0.25) is 0 Å². The number of benzene rings is 1. The summed E-state index contributed by atoms with van der Waals surface area (Å²) in [6, 6.07) is 6.59. The van der Waals surface area contributed by atoms with Crippen molar-refractivity contribution in [2.45, 2.75) is 25.4 Å². The number of nitrogens with one attached hydrogen (secondary N) is 3. The molecular formula is C14H20FN3O. The van der Waals surface area contributed by atoms with E-state index in [2.05, 4.69) is 22.9 Å². The molecule has 1 aliphatic rings. The molecule has 3 N–H and O–H groups in total. The maximum Gasteiger partial charge on any atom is 0.238 e. The van der Waals surface area contributed by atoms with Gasteiger partial charge in [0, 0.05) is 25.7 Å². The molecule has 0 aromatic heterocycles. The molecule has 1 amide bonds. The highest BCUT2D eigenvalue weighted by molar-refractivity contribution is 5.82. The molecule has 1 fully saturated rings. The van der Waals surface area contributed by atoms with Gasteiger partial charge in [0.2, 0.25) is 5.91 Å². The summed E-state index contributed by atoms with van der Waals surface area (Å²) < 4.78 is 12.7. The molecule has 0 saturated carbocycles. The van der Waals surface area contributed by atoms with Crippen LogP contribution in [0, 0.1) is 5.82 Å². The minimum Gasteiger partial charge on any atom is -0.354 e. The van der Waals surface area contributed by atoms with Gasteiger partial charge in [0.15, 0.2) is 0 Å². The third-order valence-electron chi connectivity index (χ3n) is 3.28. The predicted octanol–water partition coefficient (Wildman–Crippen LogP) is 0.434. The van der Waals surface area contributed by atoms with Gasteiger partial charge in [0.1, 0.15) is 5.82 Å². The van der Waals surface area contributed by atoms with Crippen molar-refractivity contribution in [2.24, 2.45) is 0 Å². The fourth-order valence-electron chi connectivity index (χ4n) is 2.07. The molecule has 0 bridgehead atoms. The first-order valence-corrected chi connectivity index (χ1v) is 6.64. The van der Waals surface area contributed by atoms with E-state index in [1.165, 1.54) is 12.1 Å². The van der Waals surface area contributed by atoms with Gasteiger partial charge in [-0.05, 0) is 31.0 Å². The molecule has 2 rings (SSSR count). The molecule has 1 aliphatic heterocycles. The normalized spacial score (nSPS) is 23.1. The topological polar surface area (TPSA) is 53.2 Å². The third-order valence-corrected chi connectivity index (χ3v) is 3.28. The Morgan fingerprint density at radius 2 is 2.05 bits per heavy atom. The summed E-state index contributed by atoms with van der Waals surface area (Å²) in [4.78, 5) is 11.9. The van der Waals surface area contributed by atoms with Crippen molar-refractivity contribution in [1.29, 1.82) is 0 Å². The molecule has 1 aromatic carbocycles. The summed E-state index contributed by atoms with van der Waals surface area (Å²) in [7, 11) is 0. The van der Waals surface area contributed by atoms with E-state index < -0.39 is 0 Å². The molecule has 1 aromatic rings. The first-order valence-electron chi connectivity index (χ1n) is 6.64. The van der Waals surface area contributed by atoms with Crippen molar-refractivity contribution in [3.8, 4) is 0 Å². The van der Waals surface area contributed by atoms with Gasteiger partial charge in [-0.25, -0.2) is 4.39 Å². The largest absolute Gasteiger partial charge is 0.354 e. The van der Waals surface area contributed by atoms with Gasteiger partial charge >= 0.3 is 0 Å². The Kier molecular flexibility index (Phi) is 4.87.